The predicted octanol–water partition coefficient (Wildman–Crippen LogP) is 4.14. The van der Waals surface area contributed by atoms with Gasteiger partial charge in [-0.3, -0.25) is 0 Å². The van der Waals surface area contributed by atoms with Crippen LogP contribution in [0, 0.1) is 5.82 Å². The number of aromatic amines is 1. The van der Waals surface area contributed by atoms with Crippen LogP contribution < -0.4 is 4.74 Å². The molecule has 2 aromatic carbocycles. The number of nitrogens with one attached hydrogen (secondary N) is 1. The minimum Gasteiger partial charge on any atom is -0.493 e. The summed E-state index contributed by atoms with van der Waals surface area (Å²) in [6.45, 7) is 0. The maximum atomic E-state index is 14.0. The number of para-hydroxylation sites is 2. The Labute approximate surface area is 117 Å². The molecule has 0 saturated carbocycles. The molecule has 1 heterocycles. The van der Waals surface area contributed by atoms with Gasteiger partial charge in [0.25, 0.3) is 0 Å². The van der Waals surface area contributed by atoms with Crippen molar-refractivity contribution in [3.8, 4) is 17.1 Å². The molecule has 0 bridgehead atoms. The number of ether oxygens (including phenoxy) is 1. The molecule has 3 rings (SSSR count). The molecule has 0 atom stereocenters. The van der Waals surface area contributed by atoms with E-state index < -0.39 is 5.82 Å². The Bertz CT molecular complexity index is 721. The quantitative estimate of drug-likeness (QED) is 0.770. The largest absolute Gasteiger partial charge is 0.493 e. The molecule has 0 saturated heterocycles. The third-order valence-corrected chi connectivity index (χ3v) is 3.51. The topological polar surface area (TPSA) is 37.9 Å². The van der Waals surface area contributed by atoms with E-state index in [2.05, 4.69) is 25.9 Å². The number of hydrogen-bond donors (Lipinski definition) is 1. The van der Waals surface area contributed by atoms with E-state index in [1.54, 1.807) is 12.1 Å². The molecule has 0 spiro atoms. The normalized spacial score (nSPS) is 10.9. The van der Waals surface area contributed by atoms with Crippen molar-refractivity contribution in [3.05, 3.63) is 46.7 Å². The Morgan fingerprint density at radius 3 is 2.74 bits per heavy atom. The minimum absolute atomic E-state index is 0.174. The summed E-state index contributed by atoms with van der Waals surface area (Å²) in [5.41, 5.74) is 2.34. The van der Waals surface area contributed by atoms with Crippen LogP contribution in [-0.2, 0) is 0 Å². The van der Waals surface area contributed by atoms with Gasteiger partial charge in [0.15, 0.2) is 11.6 Å². The lowest BCUT2D eigenvalue weighted by Crippen LogP contribution is -1.94. The van der Waals surface area contributed by atoms with Crippen LogP contribution in [0.25, 0.3) is 22.4 Å². The number of benzene rings is 2. The first-order valence-corrected chi connectivity index (χ1v) is 6.47. The van der Waals surface area contributed by atoms with Gasteiger partial charge in [0, 0.05) is 0 Å². The maximum Gasteiger partial charge on any atom is 0.179 e. The molecule has 3 nitrogen and oxygen atoms in total. The Kier molecular flexibility index (Phi) is 2.98. The van der Waals surface area contributed by atoms with Gasteiger partial charge in [-0.2, -0.15) is 0 Å². The third kappa shape index (κ3) is 2.00. The summed E-state index contributed by atoms with van der Waals surface area (Å²) < 4.78 is 19.5. The van der Waals surface area contributed by atoms with Crippen LogP contribution >= 0.6 is 15.9 Å². The zero-order valence-corrected chi connectivity index (χ0v) is 11.7. The highest BCUT2D eigenvalue weighted by molar-refractivity contribution is 9.10. The molecule has 0 fully saturated rings. The molecule has 1 N–H and O–H groups in total. The molecule has 5 heteroatoms. The Balaban J connectivity index is 2.23. The maximum absolute atomic E-state index is 14.0. The van der Waals surface area contributed by atoms with Gasteiger partial charge in [-0.05, 0) is 40.2 Å². The molecule has 1 aromatic heterocycles. The number of halogens is 2. The highest BCUT2D eigenvalue weighted by atomic mass is 79.9. The fourth-order valence-corrected chi connectivity index (χ4v) is 2.31. The molecule has 0 amide bonds. The van der Waals surface area contributed by atoms with Gasteiger partial charge < -0.3 is 9.72 Å². The zero-order valence-electron chi connectivity index (χ0n) is 10.1. The molecule has 0 aliphatic rings. The zero-order chi connectivity index (χ0) is 13.4. The average molecular weight is 321 g/mol. The first-order valence-electron chi connectivity index (χ1n) is 5.68. The second-order valence-electron chi connectivity index (χ2n) is 4.04. The number of nitrogens with zero attached hydrogens (tertiary/aromatic N) is 1. The summed E-state index contributed by atoms with van der Waals surface area (Å²) >= 11 is 3.14. The van der Waals surface area contributed by atoms with Gasteiger partial charge in [-0.1, -0.05) is 12.1 Å². The van der Waals surface area contributed by atoms with E-state index in [9.17, 15) is 4.39 Å². The van der Waals surface area contributed by atoms with Gasteiger partial charge in [0.1, 0.15) is 5.82 Å². The summed E-state index contributed by atoms with van der Waals surface area (Å²) in [6, 6.07) is 11.1. The third-order valence-electron chi connectivity index (χ3n) is 2.90. The summed E-state index contributed by atoms with van der Waals surface area (Å²) in [4.78, 5) is 7.60. The molecule has 3 aromatic rings. The van der Waals surface area contributed by atoms with E-state index in [1.165, 1.54) is 7.11 Å². The Morgan fingerprint density at radius 1 is 1.21 bits per heavy atom. The summed E-state index contributed by atoms with van der Waals surface area (Å²) in [7, 11) is 1.44. The first-order chi connectivity index (χ1) is 9.20. The van der Waals surface area contributed by atoms with Crippen molar-refractivity contribution in [2.45, 2.75) is 0 Å². The highest BCUT2D eigenvalue weighted by Gasteiger charge is 2.16. The molecular weight excluding hydrogens is 311 g/mol. The van der Waals surface area contributed by atoms with Crippen LogP contribution in [0.1, 0.15) is 0 Å². The molecule has 0 radical (unpaired) electrons. The second-order valence-corrected chi connectivity index (χ2v) is 4.90. The van der Waals surface area contributed by atoms with E-state index >= 15 is 0 Å². The second kappa shape index (κ2) is 4.66. The predicted molar refractivity (Wildman–Crippen MR) is 75.7 cm³/mol. The van der Waals surface area contributed by atoms with E-state index in [0.29, 0.717) is 15.9 Å². The van der Waals surface area contributed by atoms with E-state index in [4.69, 9.17) is 4.74 Å². The summed E-state index contributed by atoms with van der Waals surface area (Å²) in [6.07, 6.45) is 0. The fourth-order valence-electron chi connectivity index (χ4n) is 2.00. The molecule has 0 aliphatic carbocycles. The van der Waals surface area contributed by atoms with E-state index in [0.717, 1.165) is 11.0 Å². The number of H-pyrrole nitrogens is 1. The number of rotatable bonds is 2. The van der Waals surface area contributed by atoms with Crippen molar-refractivity contribution in [2.75, 3.05) is 7.11 Å². The Morgan fingerprint density at radius 2 is 2.00 bits per heavy atom. The van der Waals surface area contributed by atoms with Gasteiger partial charge in [0.05, 0.1) is 28.2 Å². The SMILES string of the molecule is COc1c(-c2nc3ccccc3[nH]2)ccc(Br)c1F. The van der Waals surface area contributed by atoms with Gasteiger partial charge in [-0.25, -0.2) is 9.37 Å². The number of hydrogen-bond acceptors (Lipinski definition) is 2. The Hall–Kier alpha value is -1.88. The van der Waals surface area contributed by atoms with Crippen molar-refractivity contribution < 1.29 is 9.13 Å². The molecule has 19 heavy (non-hydrogen) atoms. The molecular formula is C14H10BrFN2O. The van der Waals surface area contributed by atoms with E-state index in [-0.39, 0.29) is 5.75 Å². The van der Waals surface area contributed by atoms with Crippen molar-refractivity contribution in [1.82, 2.24) is 9.97 Å². The molecule has 0 unspecified atom stereocenters. The average Bonchev–Trinajstić information content (AvgIpc) is 2.85. The standard InChI is InChI=1S/C14H10BrFN2O/c1-19-13-8(6-7-9(15)12(13)16)14-17-10-4-2-3-5-11(10)18-14/h2-7H,1H3,(H,17,18). The number of fused-ring (bicyclic) bond motifs is 1. The summed E-state index contributed by atoms with van der Waals surface area (Å²) in [5, 5.41) is 0. The number of imidazole rings is 1. The van der Waals surface area contributed by atoms with Crippen molar-refractivity contribution in [2.24, 2.45) is 0 Å². The molecule has 0 aliphatic heterocycles. The smallest absolute Gasteiger partial charge is 0.179 e. The van der Waals surface area contributed by atoms with Crippen molar-refractivity contribution in [1.29, 1.82) is 0 Å². The van der Waals surface area contributed by atoms with Crippen LogP contribution in [0.5, 0.6) is 5.75 Å². The number of methoxy groups -OCH3 is 1. The number of aromatic nitrogens is 2. The van der Waals surface area contributed by atoms with E-state index in [1.807, 2.05) is 24.3 Å². The lowest BCUT2D eigenvalue weighted by Gasteiger charge is -2.08. The lowest BCUT2D eigenvalue weighted by molar-refractivity contribution is 0.387. The molecule has 96 valence electrons. The highest BCUT2D eigenvalue weighted by Crippen LogP contribution is 2.35. The van der Waals surface area contributed by atoms with Crippen LogP contribution in [-0.4, -0.2) is 17.1 Å². The van der Waals surface area contributed by atoms with Gasteiger partial charge in [-0.15, -0.1) is 0 Å². The van der Waals surface area contributed by atoms with Gasteiger partial charge in [0.2, 0.25) is 0 Å². The first kappa shape index (κ1) is 12.2. The summed E-state index contributed by atoms with van der Waals surface area (Å²) in [5.74, 6) is 0.332. The monoisotopic (exact) mass is 320 g/mol. The van der Waals surface area contributed by atoms with Gasteiger partial charge >= 0.3 is 0 Å². The minimum atomic E-state index is -0.430. The van der Waals surface area contributed by atoms with Crippen LogP contribution in [0.3, 0.4) is 0 Å². The van der Waals surface area contributed by atoms with Crippen molar-refractivity contribution >= 4 is 27.0 Å². The van der Waals surface area contributed by atoms with Crippen LogP contribution in [0.15, 0.2) is 40.9 Å². The van der Waals surface area contributed by atoms with Crippen LogP contribution in [0.2, 0.25) is 0 Å². The van der Waals surface area contributed by atoms with Crippen LogP contribution in [0.4, 0.5) is 4.39 Å². The van der Waals surface area contributed by atoms with Crippen molar-refractivity contribution in [3.63, 3.8) is 0 Å². The fraction of sp³-hybridized carbons (Fsp3) is 0.0714. The lowest BCUT2D eigenvalue weighted by atomic mass is 10.2.